The first-order chi connectivity index (χ1) is 8.43. The molecule has 1 N–H and O–H groups in total. The second-order valence-electron chi connectivity index (χ2n) is 4.64. The molecule has 0 saturated carbocycles. The van der Waals surface area contributed by atoms with Gasteiger partial charge in [-0.05, 0) is 37.6 Å². The third-order valence-corrected chi connectivity index (χ3v) is 2.88. The summed E-state index contributed by atoms with van der Waals surface area (Å²) in [6.45, 7) is 5.34. The lowest BCUT2D eigenvalue weighted by Crippen LogP contribution is -2.21. The minimum atomic E-state index is -0.760. The molecule has 0 amide bonds. The van der Waals surface area contributed by atoms with Crippen LogP contribution >= 0.6 is 12.4 Å². The molecule has 5 heteroatoms. The van der Waals surface area contributed by atoms with Crippen LogP contribution in [-0.2, 0) is 11.3 Å². The second-order valence-corrected chi connectivity index (χ2v) is 4.64. The highest BCUT2D eigenvalue weighted by atomic mass is 35.5. The molecule has 19 heavy (non-hydrogen) atoms. The second kappa shape index (κ2) is 8.02. The van der Waals surface area contributed by atoms with Crippen LogP contribution in [0.3, 0.4) is 0 Å². The van der Waals surface area contributed by atoms with E-state index in [2.05, 4.69) is 12.1 Å². The molecule has 0 unspecified atom stereocenters. The van der Waals surface area contributed by atoms with Gasteiger partial charge in [0.2, 0.25) is 0 Å². The predicted molar refractivity (Wildman–Crippen MR) is 78.3 cm³/mol. The fraction of sp³-hybridized carbons (Fsp3) is 0.500. The minimum Gasteiger partial charge on any atom is -0.496 e. The van der Waals surface area contributed by atoms with Crippen LogP contribution in [0.15, 0.2) is 12.1 Å². The van der Waals surface area contributed by atoms with Gasteiger partial charge in [0.1, 0.15) is 5.75 Å². The van der Waals surface area contributed by atoms with Gasteiger partial charge in [-0.25, -0.2) is 0 Å². The van der Waals surface area contributed by atoms with Crippen LogP contribution in [0.2, 0.25) is 0 Å². The van der Waals surface area contributed by atoms with E-state index in [0.717, 1.165) is 23.4 Å². The Morgan fingerprint density at radius 1 is 1.32 bits per heavy atom. The highest BCUT2D eigenvalue weighted by molar-refractivity contribution is 5.85. The van der Waals surface area contributed by atoms with E-state index in [4.69, 9.17) is 9.84 Å². The molecule has 0 saturated heterocycles. The quantitative estimate of drug-likeness (QED) is 0.874. The van der Waals surface area contributed by atoms with Crippen molar-refractivity contribution in [1.82, 2.24) is 4.90 Å². The highest BCUT2D eigenvalue weighted by Crippen LogP contribution is 2.24. The molecule has 0 atom stereocenters. The van der Waals surface area contributed by atoms with Gasteiger partial charge in [0.05, 0.1) is 13.5 Å². The lowest BCUT2D eigenvalue weighted by atomic mass is 10.1. The Balaban J connectivity index is 0.00000324. The number of nitrogens with zero attached hydrogens (tertiary/aromatic N) is 1. The first kappa shape index (κ1) is 17.7. The maximum atomic E-state index is 10.5. The zero-order chi connectivity index (χ0) is 13.7. The van der Waals surface area contributed by atoms with E-state index < -0.39 is 5.97 Å². The van der Waals surface area contributed by atoms with Crippen molar-refractivity contribution in [3.05, 3.63) is 28.8 Å². The topological polar surface area (TPSA) is 49.8 Å². The SMILES string of the molecule is COc1c(C)cc(CN(C)CCC(=O)O)cc1C.Cl. The van der Waals surface area contributed by atoms with E-state index >= 15 is 0 Å². The van der Waals surface area contributed by atoms with Crippen molar-refractivity contribution in [3.63, 3.8) is 0 Å². The Morgan fingerprint density at radius 2 is 1.84 bits per heavy atom. The van der Waals surface area contributed by atoms with E-state index in [1.165, 1.54) is 5.56 Å². The van der Waals surface area contributed by atoms with Crippen LogP contribution in [0.25, 0.3) is 0 Å². The van der Waals surface area contributed by atoms with E-state index in [-0.39, 0.29) is 18.8 Å². The number of carboxylic acids is 1. The standard InChI is InChI=1S/C14H21NO3.ClH/c1-10-7-12(8-11(2)14(10)18-4)9-15(3)6-5-13(16)17;/h7-8H,5-6,9H2,1-4H3,(H,16,17);1H. The van der Waals surface area contributed by atoms with Gasteiger partial charge in [0, 0.05) is 13.1 Å². The monoisotopic (exact) mass is 287 g/mol. The lowest BCUT2D eigenvalue weighted by molar-refractivity contribution is -0.137. The average molecular weight is 288 g/mol. The van der Waals surface area contributed by atoms with Crippen LogP contribution in [-0.4, -0.2) is 36.7 Å². The molecule has 0 radical (unpaired) electrons. The summed E-state index contributed by atoms with van der Waals surface area (Å²) in [5, 5.41) is 8.64. The lowest BCUT2D eigenvalue weighted by Gasteiger charge is -2.17. The Kier molecular flexibility index (Phi) is 7.49. The molecule has 0 bridgehead atoms. The third-order valence-electron chi connectivity index (χ3n) is 2.88. The van der Waals surface area contributed by atoms with Gasteiger partial charge in [-0.15, -0.1) is 12.4 Å². The van der Waals surface area contributed by atoms with Crippen LogP contribution in [0.5, 0.6) is 5.75 Å². The van der Waals surface area contributed by atoms with E-state index in [1.54, 1.807) is 7.11 Å². The summed E-state index contributed by atoms with van der Waals surface area (Å²) in [7, 11) is 3.60. The van der Waals surface area contributed by atoms with Crippen LogP contribution in [0.4, 0.5) is 0 Å². The number of halogens is 1. The number of hydrogen-bond acceptors (Lipinski definition) is 3. The van der Waals surface area contributed by atoms with Crippen molar-refractivity contribution in [2.45, 2.75) is 26.8 Å². The van der Waals surface area contributed by atoms with Gasteiger partial charge < -0.3 is 14.7 Å². The van der Waals surface area contributed by atoms with Gasteiger partial charge in [0.25, 0.3) is 0 Å². The number of benzene rings is 1. The number of rotatable bonds is 6. The molecule has 4 nitrogen and oxygen atoms in total. The number of ether oxygens (including phenoxy) is 1. The molecule has 0 aliphatic rings. The molecular formula is C14H22ClNO3. The molecule has 0 spiro atoms. The average Bonchev–Trinajstić information content (AvgIpc) is 2.26. The first-order valence-electron chi connectivity index (χ1n) is 5.98. The van der Waals surface area contributed by atoms with Crippen molar-refractivity contribution in [1.29, 1.82) is 0 Å². The third kappa shape index (κ3) is 5.49. The fourth-order valence-electron chi connectivity index (χ4n) is 2.13. The molecule has 1 rings (SSSR count). The van der Waals surface area contributed by atoms with Gasteiger partial charge in [-0.3, -0.25) is 4.79 Å². The zero-order valence-corrected chi connectivity index (χ0v) is 12.7. The largest absolute Gasteiger partial charge is 0.496 e. The number of hydrogen-bond donors (Lipinski definition) is 1. The summed E-state index contributed by atoms with van der Waals surface area (Å²) >= 11 is 0. The van der Waals surface area contributed by atoms with Crippen molar-refractivity contribution >= 4 is 18.4 Å². The number of aryl methyl sites for hydroxylation is 2. The molecule has 1 aromatic carbocycles. The summed E-state index contributed by atoms with van der Waals surface area (Å²) in [4.78, 5) is 12.5. The van der Waals surface area contributed by atoms with Gasteiger partial charge >= 0.3 is 5.97 Å². The fourth-order valence-corrected chi connectivity index (χ4v) is 2.13. The molecule has 0 aliphatic heterocycles. The van der Waals surface area contributed by atoms with Gasteiger partial charge in [-0.1, -0.05) is 12.1 Å². The van der Waals surface area contributed by atoms with E-state index in [9.17, 15) is 4.79 Å². The molecule has 0 aromatic heterocycles. The highest BCUT2D eigenvalue weighted by Gasteiger charge is 2.08. The predicted octanol–water partition coefficient (Wildman–Crippen LogP) is 2.64. The smallest absolute Gasteiger partial charge is 0.304 e. The summed E-state index contributed by atoms with van der Waals surface area (Å²) < 4.78 is 5.32. The Morgan fingerprint density at radius 3 is 2.26 bits per heavy atom. The number of methoxy groups -OCH3 is 1. The zero-order valence-electron chi connectivity index (χ0n) is 11.9. The van der Waals surface area contributed by atoms with Crippen molar-refractivity contribution in [2.24, 2.45) is 0 Å². The minimum absolute atomic E-state index is 0. The van der Waals surface area contributed by atoms with Crippen LogP contribution in [0, 0.1) is 13.8 Å². The maximum absolute atomic E-state index is 10.5. The summed E-state index contributed by atoms with van der Waals surface area (Å²) in [5.74, 6) is 0.163. The van der Waals surface area contributed by atoms with E-state index in [1.807, 2.05) is 25.8 Å². The van der Waals surface area contributed by atoms with Crippen LogP contribution in [0.1, 0.15) is 23.1 Å². The summed E-state index contributed by atoms with van der Waals surface area (Å²) in [5.41, 5.74) is 3.40. The first-order valence-corrected chi connectivity index (χ1v) is 5.98. The summed E-state index contributed by atoms with van der Waals surface area (Å²) in [6, 6.07) is 4.17. The molecule has 1 aromatic rings. The van der Waals surface area contributed by atoms with Crippen LogP contribution < -0.4 is 4.74 Å². The van der Waals surface area contributed by atoms with Crippen molar-refractivity contribution in [2.75, 3.05) is 20.7 Å². The molecule has 0 aliphatic carbocycles. The molecular weight excluding hydrogens is 266 g/mol. The van der Waals surface area contributed by atoms with Gasteiger partial charge in [-0.2, -0.15) is 0 Å². The molecule has 0 fully saturated rings. The number of carboxylic acid groups (broad SMARTS) is 1. The molecule has 108 valence electrons. The Bertz CT molecular complexity index is 412. The Labute approximate surface area is 120 Å². The summed E-state index contributed by atoms with van der Waals surface area (Å²) in [6.07, 6.45) is 0.171. The maximum Gasteiger partial charge on any atom is 0.304 e. The molecule has 0 heterocycles. The van der Waals surface area contributed by atoms with Crippen molar-refractivity contribution < 1.29 is 14.6 Å². The normalized spacial score (nSPS) is 10.2. The number of aliphatic carboxylic acids is 1. The Hall–Kier alpha value is -1.26. The van der Waals surface area contributed by atoms with Crippen molar-refractivity contribution in [3.8, 4) is 5.75 Å². The van der Waals surface area contributed by atoms with Gasteiger partial charge in [0.15, 0.2) is 0 Å². The number of carbonyl (C=O) groups is 1. The van der Waals surface area contributed by atoms with E-state index in [0.29, 0.717) is 6.54 Å².